The lowest BCUT2D eigenvalue weighted by Crippen LogP contribution is -2.15. The first-order valence-electron chi connectivity index (χ1n) is 7.26. The minimum atomic E-state index is -0.699. The van der Waals surface area contributed by atoms with Crippen LogP contribution in [0.25, 0.3) is 0 Å². The summed E-state index contributed by atoms with van der Waals surface area (Å²) in [5, 5.41) is 30.7. The number of benzene rings is 1. The highest BCUT2D eigenvalue weighted by molar-refractivity contribution is 8.24. The van der Waals surface area contributed by atoms with Crippen molar-refractivity contribution in [2.24, 2.45) is 0 Å². The van der Waals surface area contributed by atoms with Crippen molar-refractivity contribution < 1.29 is 9.18 Å². The van der Waals surface area contributed by atoms with Crippen LogP contribution < -0.4 is 5.32 Å². The van der Waals surface area contributed by atoms with E-state index in [4.69, 9.17) is 10.5 Å². The van der Waals surface area contributed by atoms with Crippen molar-refractivity contribution >= 4 is 35.1 Å². The molecule has 0 atom stereocenters. The molecular formula is C17H7FN6OS2. The van der Waals surface area contributed by atoms with Crippen molar-refractivity contribution in [2.75, 3.05) is 5.32 Å². The van der Waals surface area contributed by atoms with E-state index in [1.54, 1.807) is 19.1 Å². The number of aryl methyl sites for hydroxylation is 1. The van der Waals surface area contributed by atoms with Gasteiger partial charge in [0.15, 0.2) is 11.4 Å². The number of hydrogen-bond acceptors (Lipinski definition) is 8. The number of hydrogen-bond donors (Lipinski definition) is 1. The smallest absolute Gasteiger partial charge is 0.268 e. The summed E-state index contributed by atoms with van der Waals surface area (Å²) in [5.41, 5.74) is 0.467. The second-order valence-corrected chi connectivity index (χ2v) is 7.40. The Hall–Kier alpha value is -3.39. The molecule has 1 amide bonds. The number of carbonyl (C=O) groups is 1. The molecule has 10 heteroatoms. The molecule has 0 bridgehead atoms. The number of rotatable bonds is 2. The highest BCUT2D eigenvalue weighted by Gasteiger charge is 2.29. The lowest BCUT2D eigenvalue weighted by Gasteiger charge is -2.08. The maximum Gasteiger partial charge on any atom is 0.268 e. The summed E-state index contributed by atoms with van der Waals surface area (Å²) in [6, 6.07) is 9.36. The predicted octanol–water partition coefficient (Wildman–Crippen LogP) is 3.24. The number of aromatic nitrogens is 2. The fourth-order valence-corrected chi connectivity index (χ4v) is 4.36. The zero-order valence-electron chi connectivity index (χ0n) is 13.6. The van der Waals surface area contributed by atoms with Crippen LogP contribution in [0, 0.1) is 46.7 Å². The monoisotopic (exact) mass is 394 g/mol. The normalized spacial score (nSPS) is 11.7. The van der Waals surface area contributed by atoms with Gasteiger partial charge in [0, 0.05) is 5.69 Å². The van der Waals surface area contributed by atoms with Crippen molar-refractivity contribution in [3.8, 4) is 18.2 Å². The van der Waals surface area contributed by atoms with E-state index in [9.17, 15) is 14.4 Å². The van der Waals surface area contributed by atoms with Crippen molar-refractivity contribution in [1.29, 1.82) is 15.8 Å². The minimum absolute atomic E-state index is 0.121. The molecular weight excluding hydrogens is 387 g/mol. The Kier molecular flexibility index (Phi) is 5.09. The molecule has 7 nitrogen and oxygen atoms in total. The first kappa shape index (κ1) is 18.4. The second kappa shape index (κ2) is 7.46. The van der Waals surface area contributed by atoms with Gasteiger partial charge < -0.3 is 5.32 Å². The van der Waals surface area contributed by atoms with E-state index in [0.717, 1.165) is 29.6 Å². The molecule has 0 unspecified atom stereocenters. The zero-order valence-corrected chi connectivity index (χ0v) is 15.2. The lowest BCUT2D eigenvalue weighted by molar-refractivity contribution is -0.112. The molecule has 2 heterocycles. The molecule has 0 saturated carbocycles. The molecule has 0 spiro atoms. The van der Waals surface area contributed by atoms with Crippen LogP contribution in [0.15, 0.2) is 38.1 Å². The lowest BCUT2D eigenvalue weighted by atomic mass is 10.2. The minimum Gasteiger partial charge on any atom is -0.321 e. The van der Waals surface area contributed by atoms with Crippen LogP contribution in [0.5, 0.6) is 0 Å². The standard InChI is InChI=1S/C17H7FN6OS2/c1-8-2-3-9(18)4-11(8)22-14(25)10(5-19)17-26-15-16(27-17)24-13(7-21)12(6-20)23-15/h2-4H,1H3,(H,22,25). The highest BCUT2D eigenvalue weighted by atomic mass is 32.2. The summed E-state index contributed by atoms with van der Waals surface area (Å²) in [4.78, 5) is 20.6. The number of amides is 1. The quantitative estimate of drug-likeness (QED) is 0.607. The Morgan fingerprint density at radius 3 is 2.22 bits per heavy atom. The van der Waals surface area contributed by atoms with Gasteiger partial charge in [-0.3, -0.25) is 4.79 Å². The summed E-state index contributed by atoms with van der Waals surface area (Å²) in [7, 11) is 0. The van der Waals surface area contributed by atoms with Gasteiger partial charge in [-0.2, -0.15) is 15.8 Å². The molecule has 0 saturated heterocycles. The zero-order chi connectivity index (χ0) is 19.6. The van der Waals surface area contributed by atoms with Crippen LogP contribution in [0.2, 0.25) is 0 Å². The molecule has 1 aliphatic rings. The van der Waals surface area contributed by atoms with Gasteiger partial charge in [-0.25, -0.2) is 14.4 Å². The molecule has 0 radical (unpaired) electrons. The molecule has 1 aromatic heterocycles. The Balaban J connectivity index is 1.93. The summed E-state index contributed by atoms with van der Waals surface area (Å²) in [6.07, 6.45) is 0. The number of nitrogens with zero attached hydrogens (tertiary/aromatic N) is 5. The fraction of sp³-hybridized carbons (Fsp3) is 0.0588. The van der Waals surface area contributed by atoms with Gasteiger partial charge in [0.25, 0.3) is 5.91 Å². The first-order valence-corrected chi connectivity index (χ1v) is 8.90. The van der Waals surface area contributed by atoms with Crippen LogP contribution in [-0.4, -0.2) is 15.9 Å². The average molecular weight is 394 g/mol. The Bertz CT molecular complexity index is 1090. The number of carbonyl (C=O) groups excluding carboxylic acids is 1. The van der Waals surface area contributed by atoms with Crippen LogP contribution >= 0.6 is 23.5 Å². The van der Waals surface area contributed by atoms with Crippen molar-refractivity contribution in [2.45, 2.75) is 17.0 Å². The summed E-state index contributed by atoms with van der Waals surface area (Å²) < 4.78 is 13.7. The molecule has 1 N–H and O–H groups in total. The molecule has 130 valence electrons. The second-order valence-electron chi connectivity index (χ2n) is 5.15. The molecule has 1 aliphatic heterocycles. The molecule has 3 rings (SSSR count). The number of thioether (sulfide) groups is 2. The largest absolute Gasteiger partial charge is 0.321 e. The van der Waals surface area contributed by atoms with E-state index >= 15 is 0 Å². The number of halogens is 1. The topological polar surface area (TPSA) is 126 Å². The maximum absolute atomic E-state index is 13.4. The van der Waals surface area contributed by atoms with E-state index in [2.05, 4.69) is 15.3 Å². The van der Waals surface area contributed by atoms with Gasteiger partial charge in [-0.1, -0.05) is 29.6 Å². The number of anilines is 1. The van der Waals surface area contributed by atoms with Crippen LogP contribution in [0.1, 0.15) is 17.0 Å². The van der Waals surface area contributed by atoms with Gasteiger partial charge in [0.1, 0.15) is 39.6 Å². The van der Waals surface area contributed by atoms with Crippen molar-refractivity contribution in [1.82, 2.24) is 9.97 Å². The third-order valence-corrected chi connectivity index (χ3v) is 5.78. The maximum atomic E-state index is 13.4. The van der Waals surface area contributed by atoms with E-state index < -0.39 is 11.7 Å². The SMILES string of the molecule is Cc1ccc(F)cc1NC(=O)C(C#N)=C1Sc2nc(C#N)c(C#N)nc2S1. The molecule has 0 fully saturated rings. The van der Waals surface area contributed by atoms with E-state index in [0.29, 0.717) is 19.9 Å². The Morgan fingerprint density at radius 1 is 1.11 bits per heavy atom. The molecule has 1 aromatic carbocycles. The van der Waals surface area contributed by atoms with Gasteiger partial charge in [0.05, 0.1) is 4.24 Å². The predicted molar refractivity (Wildman–Crippen MR) is 95.6 cm³/mol. The Morgan fingerprint density at radius 2 is 1.70 bits per heavy atom. The van der Waals surface area contributed by atoms with Gasteiger partial charge in [-0.15, -0.1) is 0 Å². The average Bonchev–Trinajstić information content (AvgIpc) is 3.06. The van der Waals surface area contributed by atoms with Gasteiger partial charge >= 0.3 is 0 Å². The third-order valence-electron chi connectivity index (χ3n) is 3.42. The van der Waals surface area contributed by atoms with Crippen molar-refractivity contribution in [3.63, 3.8) is 0 Å². The summed E-state index contributed by atoms with van der Waals surface area (Å²) >= 11 is 2.03. The number of fused-ring (bicyclic) bond motifs is 1. The van der Waals surface area contributed by atoms with Crippen LogP contribution in [-0.2, 0) is 4.79 Å². The van der Waals surface area contributed by atoms with E-state index in [-0.39, 0.29) is 22.6 Å². The van der Waals surface area contributed by atoms with Gasteiger partial charge in [0.2, 0.25) is 0 Å². The molecule has 0 aliphatic carbocycles. The van der Waals surface area contributed by atoms with E-state index in [1.165, 1.54) is 12.1 Å². The number of nitrogens with one attached hydrogen (secondary N) is 1. The summed E-state index contributed by atoms with van der Waals surface area (Å²) in [5.74, 6) is -1.21. The van der Waals surface area contributed by atoms with Crippen LogP contribution in [0.3, 0.4) is 0 Å². The van der Waals surface area contributed by atoms with Crippen LogP contribution in [0.4, 0.5) is 10.1 Å². The third kappa shape index (κ3) is 3.61. The van der Waals surface area contributed by atoms with Crippen molar-refractivity contribution in [3.05, 3.63) is 50.8 Å². The van der Waals surface area contributed by atoms with E-state index in [1.807, 2.05) is 6.07 Å². The first-order chi connectivity index (χ1) is 13.0. The molecule has 2 aromatic rings. The fourth-order valence-electron chi connectivity index (χ4n) is 2.09. The Labute approximate surface area is 161 Å². The molecule has 27 heavy (non-hydrogen) atoms. The van der Waals surface area contributed by atoms with Gasteiger partial charge in [-0.05, 0) is 24.6 Å². The highest BCUT2D eigenvalue weighted by Crippen LogP contribution is 2.50. The summed E-state index contributed by atoms with van der Waals surface area (Å²) in [6.45, 7) is 1.70. The number of nitriles is 3.